The zero-order chi connectivity index (χ0) is 15.0. The Balaban J connectivity index is 2.29. The van der Waals surface area contributed by atoms with Crippen molar-refractivity contribution in [3.8, 4) is 11.5 Å². The highest BCUT2D eigenvalue weighted by Crippen LogP contribution is 2.32. The molecule has 1 aromatic carbocycles. The standard InChI is InChI=1S/C17H28O3/c1-13-12-16(14(2)15(3)17(13)19)20-11-9-7-5-4-6-8-10-18/h12,18-19H,4-11H2,1-3H3. The smallest absolute Gasteiger partial charge is 0.122 e. The molecule has 0 heterocycles. The molecule has 1 aromatic rings. The first kappa shape index (κ1) is 16.8. The van der Waals surface area contributed by atoms with E-state index in [0.29, 0.717) is 12.4 Å². The maximum Gasteiger partial charge on any atom is 0.122 e. The van der Waals surface area contributed by atoms with Crippen molar-refractivity contribution in [2.75, 3.05) is 13.2 Å². The third-order valence-corrected chi connectivity index (χ3v) is 3.82. The summed E-state index contributed by atoms with van der Waals surface area (Å²) < 4.78 is 5.83. The van der Waals surface area contributed by atoms with Gasteiger partial charge in [0.1, 0.15) is 11.5 Å². The highest BCUT2D eigenvalue weighted by molar-refractivity contribution is 5.51. The lowest BCUT2D eigenvalue weighted by molar-refractivity contribution is 0.280. The van der Waals surface area contributed by atoms with E-state index < -0.39 is 0 Å². The van der Waals surface area contributed by atoms with Crippen molar-refractivity contribution in [1.29, 1.82) is 0 Å². The average molecular weight is 280 g/mol. The molecule has 2 N–H and O–H groups in total. The highest BCUT2D eigenvalue weighted by Gasteiger charge is 2.09. The van der Waals surface area contributed by atoms with Crippen LogP contribution in [0.1, 0.15) is 55.2 Å². The van der Waals surface area contributed by atoms with E-state index in [9.17, 15) is 5.11 Å². The van der Waals surface area contributed by atoms with E-state index in [2.05, 4.69) is 0 Å². The molecule has 1 rings (SSSR count). The molecule has 20 heavy (non-hydrogen) atoms. The van der Waals surface area contributed by atoms with Crippen molar-refractivity contribution in [3.63, 3.8) is 0 Å². The van der Waals surface area contributed by atoms with Crippen LogP contribution in [0.3, 0.4) is 0 Å². The van der Waals surface area contributed by atoms with Crippen LogP contribution < -0.4 is 4.74 Å². The van der Waals surface area contributed by atoms with E-state index >= 15 is 0 Å². The predicted octanol–water partition coefficient (Wildman–Crippen LogP) is 4.03. The van der Waals surface area contributed by atoms with Crippen LogP contribution in [-0.2, 0) is 0 Å². The number of aliphatic hydroxyl groups is 1. The Morgan fingerprint density at radius 1 is 0.900 bits per heavy atom. The van der Waals surface area contributed by atoms with Gasteiger partial charge in [0.2, 0.25) is 0 Å². The van der Waals surface area contributed by atoms with Gasteiger partial charge in [-0.1, -0.05) is 25.7 Å². The van der Waals surface area contributed by atoms with Crippen molar-refractivity contribution in [1.82, 2.24) is 0 Å². The van der Waals surface area contributed by atoms with Crippen molar-refractivity contribution < 1.29 is 14.9 Å². The van der Waals surface area contributed by atoms with Gasteiger partial charge in [-0.2, -0.15) is 0 Å². The Labute approximate surface area is 122 Å². The van der Waals surface area contributed by atoms with Crippen LogP contribution in [0.4, 0.5) is 0 Å². The Kier molecular flexibility index (Phi) is 7.45. The highest BCUT2D eigenvalue weighted by atomic mass is 16.5. The molecule has 0 spiro atoms. The quantitative estimate of drug-likeness (QED) is 0.671. The Morgan fingerprint density at radius 3 is 2.15 bits per heavy atom. The number of hydrogen-bond donors (Lipinski definition) is 2. The molecule has 0 aromatic heterocycles. The summed E-state index contributed by atoms with van der Waals surface area (Å²) in [6.07, 6.45) is 6.65. The molecule has 0 atom stereocenters. The van der Waals surface area contributed by atoms with Crippen molar-refractivity contribution in [2.24, 2.45) is 0 Å². The van der Waals surface area contributed by atoms with Crippen LogP contribution in [0.5, 0.6) is 11.5 Å². The molecule has 0 aliphatic carbocycles. The summed E-state index contributed by atoms with van der Waals surface area (Å²) >= 11 is 0. The number of ether oxygens (including phenoxy) is 1. The SMILES string of the molecule is Cc1cc(OCCCCCCCCO)c(C)c(C)c1O. The largest absolute Gasteiger partial charge is 0.507 e. The second kappa shape index (κ2) is 8.85. The van der Waals surface area contributed by atoms with Gasteiger partial charge in [-0.3, -0.25) is 0 Å². The summed E-state index contributed by atoms with van der Waals surface area (Å²) in [6, 6.07) is 1.92. The fourth-order valence-corrected chi connectivity index (χ4v) is 2.28. The first-order valence-corrected chi connectivity index (χ1v) is 7.61. The second-order valence-electron chi connectivity index (χ2n) is 5.48. The summed E-state index contributed by atoms with van der Waals surface area (Å²) in [6.45, 7) is 6.84. The van der Waals surface area contributed by atoms with E-state index in [-0.39, 0.29) is 0 Å². The van der Waals surface area contributed by atoms with Gasteiger partial charge < -0.3 is 14.9 Å². The van der Waals surface area contributed by atoms with Crippen LogP contribution in [0.2, 0.25) is 0 Å². The molecule has 3 heteroatoms. The Hall–Kier alpha value is -1.22. The first-order valence-electron chi connectivity index (χ1n) is 7.61. The van der Waals surface area contributed by atoms with Gasteiger partial charge in [-0.05, 0) is 56.4 Å². The molecule has 0 saturated carbocycles. The third-order valence-electron chi connectivity index (χ3n) is 3.82. The van der Waals surface area contributed by atoms with Crippen LogP contribution in [-0.4, -0.2) is 23.4 Å². The molecule has 114 valence electrons. The number of aryl methyl sites for hydroxylation is 1. The fourth-order valence-electron chi connectivity index (χ4n) is 2.28. The molecule has 0 saturated heterocycles. The Bertz CT molecular complexity index is 413. The lowest BCUT2D eigenvalue weighted by Gasteiger charge is -2.14. The number of phenolic OH excluding ortho intramolecular Hbond substituents is 1. The van der Waals surface area contributed by atoms with Crippen LogP contribution in [0.15, 0.2) is 6.07 Å². The van der Waals surface area contributed by atoms with E-state index in [0.717, 1.165) is 48.3 Å². The summed E-state index contributed by atoms with van der Waals surface area (Å²) in [5, 5.41) is 18.5. The lowest BCUT2D eigenvalue weighted by Crippen LogP contribution is -2.01. The van der Waals surface area contributed by atoms with Crippen molar-refractivity contribution >= 4 is 0 Å². The number of benzene rings is 1. The zero-order valence-electron chi connectivity index (χ0n) is 13.0. The normalized spacial score (nSPS) is 10.8. The van der Waals surface area contributed by atoms with Crippen LogP contribution >= 0.6 is 0 Å². The van der Waals surface area contributed by atoms with Gasteiger partial charge in [0.15, 0.2) is 0 Å². The van der Waals surface area contributed by atoms with Crippen LogP contribution in [0, 0.1) is 20.8 Å². The molecule has 0 bridgehead atoms. The molecule has 0 fully saturated rings. The second-order valence-corrected chi connectivity index (χ2v) is 5.48. The van der Waals surface area contributed by atoms with E-state index in [1.165, 1.54) is 19.3 Å². The number of aliphatic hydroxyl groups excluding tert-OH is 1. The first-order chi connectivity index (χ1) is 9.57. The van der Waals surface area contributed by atoms with Gasteiger partial charge in [0, 0.05) is 6.61 Å². The molecule has 0 unspecified atom stereocenters. The minimum atomic E-state index is 0.307. The van der Waals surface area contributed by atoms with Gasteiger partial charge >= 0.3 is 0 Å². The molecule has 0 amide bonds. The zero-order valence-corrected chi connectivity index (χ0v) is 13.0. The van der Waals surface area contributed by atoms with E-state index in [1.807, 2.05) is 26.8 Å². The topological polar surface area (TPSA) is 49.7 Å². The minimum Gasteiger partial charge on any atom is -0.507 e. The molecular weight excluding hydrogens is 252 g/mol. The van der Waals surface area contributed by atoms with Gasteiger partial charge in [-0.15, -0.1) is 0 Å². The number of unbranched alkanes of at least 4 members (excludes halogenated alkanes) is 5. The summed E-state index contributed by atoms with van der Waals surface area (Å²) in [4.78, 5) is 0. The lowest BCUT2D eigenvalue weighted by atomic mass is 10.0. The number of rotatable bonds is 9. The minimum absolute atomic E-state index is 0.307. The summed E-state index contributed by atoms with van der Waals surface area (Å²) in [5.74, 6) is 1.26. The summed E-state index contributed by atoms with van der Waals surface area (Å²) in [5.41, 5.74) is 2.80. The maximum atomic E-state index is 9.85. The van der Waals surface area contributed by atoms with Crippen molar-refractivity contribution in [2.45, 2.75) is 59.3 Å². The Morgan fingerprint density at radius 2 is 1.50 bits per heavy atom. The number of hydrogen-bond acceptors (Lipinski definition) is 3. The predicted molar refractivity (Wildman–Crippen MR) is 82.6 cm³/mol. The molecular formula is C17H28O3. The number of phenols is 1. The van der Waals surface area contributed by atoms with Crippen LogP contribution in [0.25, 0.3) is 0 Å². The summed E-state index contributed by atoms with van der Waals surface area (Å²) in [7, 11) is 0. The maximum absolute atomic E-state index is 9.85. The van der Waals surface area contributed by atoms with Gasteiger partial charge in [0.05, 0.1) is 6.61 Å². The van der Waals surface area contributed by atoms with Gasteiger partial charge in [0.25, 0.3) is 0 Å². The van der Waals surface area contributed by atoms with E-state index in [4.69, 9.17) is 9.84 Å². The van der Waals surface area contributed by atoms with Gasteiger partial charge in [-0.25, -0.2) is 0 Å². The average Bonchev–Trinajstić information content (AvgIpc) is 2.44. The fraction of sp³-hybridized carbons (Fsp3) is 0.647. The monoisotopic (exact) mass is 280 g/mol. The number of aromatic hydroxyl groups is 1. The molecule has 0 radical (unpaired) electrons. The molecule has 0 aliphatic heterocycles. The molecule has 3 nitrogen and oxygen atoms in total. The molecule has 0 aliphatic rings. The van der Waals surface area contributed by atoms with E-state index in [1.54, 1.807) is 0 Å². The third kappa shape index (κ3) is 5.04. The van der Waals surface area contributed by atoms with Crippen molar-refractivity contribution in [3.05, 3.63) is 22.8 Å².